The van der Waals surface area contributed by atoms with Gasteiger partial charge in [0.05, 0.1) is 18.7 Å². The van der Waals surface area contributed by atoms with E-state index in [1.165, 1.54) is 21.3 Å². The largest absolute Gasteiger partial charge is 0.489 e. The minimum absolute atomic E-state index is 0.111. The lowest BCUT2D eigenvalue weighted by Crippen LogP contribution is -2.46. The van der Waals surface area contributed by atoms with Crippen LogP contribution >= 0.6 is 0 Å². The standard InChI is InChI=1S/C16H23FN2O4S/c1-18(10-11-23-15-8-4-3-7-14(15)17)16(20)13-6-5-9-19(12-13)24(2,21)22/h3-4,7-8,13H,5-6,9-12H2,1-2H3. The average molecular weight is 358 g/mol. The van der Waals surface area contributed by atoms with Crippen molar-refractivity contribution in [1.82, 2.24) is 9.21 Å². The molecule has 1 saturated heterocycles. The lowest BCUT2D eigenvalue weighted by atomic mass is 9.98. The van der Waals surface area contributed by atoms with Crippen LogP contribution in [0.15, 0.2) is 24.3 Å². The molecule has 1 heterocycles. The van der Waals surface area contributed by atoms with Crippen LogP contribution in [-0.2, 0) is 14.8 Å². The van der Waals surface area contributed by atoms with Crippen LogP contribution in [0, 0.1) is 11.7 Å². The lowest BCUT2D eigenvalue weighted by molar-refractivity contribution is -0.135. The molecule has 0 aliphatic carbocycles. The van der Waals surface area contributed by atoms with Gasteiger partial charge in [-0.05, 0) is 25.0 Å². The molecule has 8 heteroatoms. The summed E-state index contributed by atoms with van der Waals surface area (Å²) >= 11 is 0. The number of hydrogen-bond donors (Lipinski definition) is 0. The van der Waals surface area contributed by atoms with E-state index in [0.717, 1.165) is 6.26 Å². The average Bonchev–Trinajstić information content (AvgIpc) is 2.55. The number of hydrogen-bond acceptors (Lipinski definition) is 4. The Labute approximate surface area is 142 Å². The number of carbonyl (C=O) groups is 1. The third-order valence-corrected chi connectivity index (χ3v) is 5.37. The van der Waals surface area contributed by atoms with Crippen LogP contribution in [0.2, 0.25) is 0 Å². The molecule has 6 nitrogen and oxygen atoms in total. The van der Waals surface area contributed by atoms with E-state index in [4.69, 9.17) is 4.74 Å². The summed E-state index contributed by atoms with van der Waals surface area (Å²) in [5.74, 6) is -0.741. The van der Waals surface area contributed by atoms with Crippen LogP contribution < -0.4 is 4.74 Å². The molecule has 0 aromatic heterocycles. The number of piperidine rings is 1. The Hall–Kier alpha value is -1.67. The van der Waals surface area contributed by atoms with Gasteiger partial charge in [-0.1, -0.05) is 12.1 Å². The van der Waals surface area contributed by atoms with Crippen LogP contribution in [0.1, 0.15) is 12.8 Å². The number of benzene rings is 1. The van der Waals surface area contributed by atoms with Crippen molar-refractivity contribution in [2.45, 2.75) is 12.8 Å². The van der Waals surface area contributed by atoms with E-state index < -0.39 is 15.8 Å². The van der Waals surface area contributed by atoms with Gasteiger partial charge < -0.3 is 9.64 Å². The number of nitrogens with zero attached hydrogens (tertiary/aromatic N) is 2. The number of rotatable bonds is 6. The van der Waals surface area contributed by atoms with Gasteiger partial charge >= 0.3 is 0 Å². The van der Waals surface area contributed by atoms with E-state index >= 15 is 0 Å². The van der Waals surface area contributed by atoms with Crippen LogP contribution in [-0.4, -0.2) is 63.1 Å². The zero-order chi connectivity index (χ0) is 17.7. The second kappa shape index (κ2) is 7.94. The molecule has 1 aromatic rings. The molecule has 1 unspecified atom stereocenters. The zero-order valence-electron chi connectivity index (χ0n) is 13.9. The van der Waals surface area contributed by atoms with E-state index in [1.54, 1.807) is 19.2 Å². The summed E-state index contributed by atoms with van der Waals surface area (Å²) in [4.78, 5) is 14.0. The minimum Gasteiger partial charge on any atom is -0.489 e. The Morgan fingerprint density at radius 1 is 1.42 bits per heavy atom. The van der Waals surface area contributed by atoms with Crippen molar-refractivity contribution in [1.29, 1.82) is 0 Å². The molecule has 0 N–H and O–H groups in total. The van der Waals surface area contributed by atoms with Gasteiger partial charge in [-0.2, -0.15) is 0 Å². The minimum atomic E-state index is -3.28. The van der Waals surface area contributed by atoms with Crippen molar-refractivity contribution in [3.63, 3.8) is 0 Å². The molecule has 0 saturated carbocycles. The fourth-order valence-electron chi connectivity index (χ4n) is 2.72. The number of carbonyl (C=O) groups excluding carboxylic acids is 1. The highest BCUT2D eigenvalue weighted by Gasteiger charge is 2.31. The maximum Gasteiger partial charge on any atom is 0.226 e. The second-order valence-electron chi connectivity index (χ2n) is 6.00. The van der Waals surface area contributed by atoms with E-state index in [9.17, 15) is 17.6 Å². The molecule has 0 spiro atoms. The summed E-state index contributed by atoms with van der Waals surface area (Å²) in [6, 6.07) is 6.10. The fourth-order valence-corrected chi connectivity index (χ4v) is 3.63. The summed E-state index contributed by atoms with van der Waals surface area (Å²) in [5.41, 5.74) is 0. The van der Waals surface area contributed by atoms with Gasteiger partial charge in [-0.25, -0.2) is 17.1 Å². The van der Waals surface area contributed by atoms with Crippen LogP contribution in [0.5, 0.6) is 5.75 Å². The highest BCUT2D eigenvalue weighted by Crippen LogP contribution is 2.20. The summed E-state index contributed by atoms with van der Waals surface area (Å²) in [5, 5.41) is 0. The highest BCUT2D eigenvalue weighted by atomic mass is 32.2. The van der Waals surface area contributed by atoms with Gasteiger partial charge in [0, 0.05) is 20.1 Å². The predicted molar refractivity (Wildman–Crippen MR) is 88.7 cm³/mol. The van der Waals surface area contributed by atoms with Crippen molar-refractivity contribution in [2.75, 3.05) is 39.5 Å². The maximum atomic E-state index is 13.5. The van der Waals surface area contributed by atoms with Crippen LogP contribution in [0.25, 0.3) is 0 Å². The Bertz CT molecular complexity index is 680. The van der Waals surface area contributed by atoms with Crippen molar-refractivity contribution in [2.24, 2.45) is 5.92 Å². The topological polar surface area (TPSA) is 66.9 Å². The first kappa shape index (κ1) is 18.7. The molecule has 1 atom stereocenters. The SMILES string of the molecule is CN(CCOc1ccccc1F)C(=O)C1CCCN(S(C)(=O)=O)C1. The van der Waals surface area contributed by atoms with Crippen molar-refractivity contribution < 1.29 is 22.3 Å². The summed E-state index contributed by atoms with van der Waals surface area (Å²) in [6.45, 7) is 1.16. The third-order valence-electron chi connectivity index (χ3n) is 4.10. The lowest BCUT2D eigenvalue weighted by Gasteiger charge is -2.32. The third kappa shape index (κ3) is 4.91. The molecule has 2 rings (SSSR count). The molecule has 1 aliphatic heterocycles. The molecular formula is C16H23FN2O4S. The Kier molecular flexibility index (Phi) is 6.17. The van der Waals surface area contributed by atoms with Crippen LogP contribution in [0.4, 0.5) is 4.39 Å². The smallest absolute Gasteiger partial charge is 0.226 e. The number of ether oxygens (including phenoxy) is 1. The zero-order valence-corrected chi connectivity index (χ0v) is 14.8. The molecule has 134 valence electrons. The second-order valence-corrected chi connectivity index (χ2v) is 7.98. The first-order valence-electron chi connectivity index (χ1n) is 7.86. The highest BCUT2D eigenvalue weighted by molar-refractivity contribution is 7.88. The van der Waals surface area contributed by atoms with Crippen molar-refractivity contribution in [3.8, 4) is 5.75 Å². The van der Waals surface area contributed by atoms with E-state index in [1.807, 2.05) is 0 Å². The quantitative estimate of drug-likeness (QED) is 0.770. The van der Waals surface area contributed by atoms with Crippen molar-refractivity contribution >= 4 is 15.9 Å². The normalized spacial score (nSPS) is 19.0. The van der Waals surface area contributed by atoms with Gasteiger partial charge in [0.1, 0.15) is 6.61 Å². The summed E-state index contributed by atoms with van der Waals surface area (Å²) < 4.78 is 43.4. The van der Waals surface area contributed by atoms with Gasteiger partial charge in [-0.15, -0.1) is 0 Å². The fraction of sp³-hybridized carbons (Fsp3) is 0.562. The van der Waals surface area contributed by atoms with E-state index in [0.29, 0.717) is 25.9 Å². The van der Waals surface area contributed by atoms with E-state index in [-0.39, 0.29) is 30.7 Å². The number of para-hydroxylation sites is 1. The maximum absolute atomic E-state index is 13.5. The van der Waals surface area contributed by atoms with Crippen molar-refractivity contribution in [3.05, 3.63) is 30.1 Å². The Morgan fingerprint density at radius 2 is 2.12 bits per heavy atom. The number of sulfonamides is 1. The monoisotopic (exact) mass is 358 g/mol. The first-order chi connectivity index (χ1) is 11.3. The molecule has 0 radical (unpaired) electrons. The predicted octanol–water partition coefficient (Wildman–Crippen LogP) is 1.33. The van der Waals surface area contributed by atoms with Gasteiger partial charge in [0.25, 0.3) is 0 Å². The summed E-state index contributed by atoms with van der Waals surface area (Å²) in [6.07, 6.45) is 2.50. The van der Waals surface area contributed by atoms with Gasteiger partial charge in [0.15, 0.2) is 11.6 Å². The molecular weight excluding hydrogens is 335 g/mol. The molecule has 1 aliphatic rings. The van der Waals surface area contributed by atoms with Gasteiger partial charge in [-0.3, -0.25) is 4.79 Å². The van der Waals surface area contributed by atoms with Crippen LogP contribution in [0.3, 0.4) is 0 Å². The molecule has 1 amide bonds. The molecule has 1 fully saturated rings. The first-order valence-corrected chi connectivity index (χ1v) is 9.71. The summed E-state index contributed by atoms with van der Waals surface area (Å²) in [7, 11) is -1.63. The number of likely N-dealkylation sites (N-methyl/N-ethyl adjacent to an activating group) is 1. The molecule has 24 heavy (non-hydrogen) atoms. The Balaban J connectivity index is 1.84. The van der Waals surface area contributed by atoms with E-state index in [2.05, 4.69) is 0 Å². The Morgan fingerprint density at radius 3 is 2.79 bits per heavy atom. The van der Waals surface area contributed by atoms with Gasteiger partial charge in [0.2, 0.25) is 15.9 Å². The molecule has 0 bridgehead atoms. The number of halogens is 1. The molecule has 1 aromatic carbocycles. The number of amides is 1.